The van der Waals surface area contributed by atoms with E-state index in [1.807, 2.05) is 20.8 Å². The van der Waals surface area contributed by atoms with E-state index >= 15 is 0 Å². The SMILES string of the molecule is CCCCCCCCCC(CCc1cccc(C(F)(F)F)c1)OC(OCC)(OCC)OCC. The number of unbranched alkanes of at least 4 members (excludes halogenated alkanes) is 6. The predicted molar refractivity (Wildman–Crippen MR) is 125 cm³/mol. The highest BCUT2D eigenvalue weighted by Gasteiger charge is 2.37. The van der Waals surface area contributed by atoms with Gasteiger partial charge in [0.2, 0.25) is 0 Å². The minimum Gasteiger partial charge on any atom is -0.304 e. The lowest BCUT2D eigenvalue weighted by molar-refractivity contribution is -0.506. The lowest BCUT2D eigenvalue weighted by atomic mass is 10.00. The average molecular weight is 477 g/mol. The van der Waals surface area contributed by atoms with Gasteiger partial charge in [-0.05, 0) is 51.7 Å². The van der Waals surface area contributed by atoms with Crippen LogP contribution in [0, 0.1) is 0 Å². The highest BCUT2D eigenvalue weighted by molar-refractivity contribution is 5.25. The summed E-state index contributed by atoms with van der Waals surface area (Å²) in [4.78, 5) is 0. The summed E-state index contributed by atoms with van der Waals surface area (Å²) in [6, 6.07) is 5.49. The first-order valence-corrected chi connectivity index (χ1v) is 12.6. The molecular formula is C26H43F3O4. The first kappa shape index (κ1) is 29.9. The van der Waals surface area contributed by atoms with Gasteiger partial charge in [-0.3, -0.25) is 4.74 Å². The Morgan fingerprint density at radius 3 is 1.88 bits per heavy atom. The van der Waals surface area contributed by atoms with E-state index in [0.29, 0.717) is 38.2 Å². The van der Waals surface area contributed by atoms with Crippen LogP contribution >= 0.6 is 0 Å². The third-order valence-electron chi connectivity index (χ3n) is 5.41. The Hall–Kier alpha value is -1.15. The van der Waals surface area contributed by atoms with Gasteiger partial charge in [-0.15, -0.1) is 0 Å². The van der Waals surface area contributed by atoms with E-state index in [9.17, 15) is 13.2 Å². The Balaban J connectivity index is 2.83. The summed E-state index contributed by atoms with van der Waals surface area (Å²) in [5.74, 6) is 0. The number of hydrogen-bond acceptors (Lipinski definition) is 4. The van der Waals surface area contributed by atoms with Crippen molar-refractivity contribution in [2.24, 2.45) is 0 Å². The van der Waals surface area contributed by atoms with Crippen LogP contribution in [-0.4, -0.2) is 32.1 Å². The van der Waals surface area contributed by atoms with Crippen molar-refractivity contribution >= 4 is 0 Å². The van der Waals surface area contributed by atoms with Crippen LogP contribution in [0.3, 0.4) is 0 Å². The number of alkyl halides is 3. The third kappa shape index (κ3) is 12.2. The number of aryl methyl sites for hydroxylation is 1. The smallest absolute Gasteiger partial charge is 0.304 e. The van der Waals surface area contributed by atoms with Crippen LogP contribution in [0.1, 0.15) is 96.6 Å². The monoisotopic (exact) mass is 476 g/mol. The molecule has 0 aromatic heterocycles. The van der Waals surface area contributed by atoms with E-state index < -0.39 is 17.9 Å². The summed E-state index contributed by atoms with van der Waals surface area (Å²) in [5.41, 5.74) is 0.00432. The molecule has 0 amide bonds. The maximum Gasteiger partial charge on any atom is 0.416 e. The standard InChI is InChI=1S/C26H43F3O4/c1-5-9-10-11-12-13-14-18-24(33-26(30-6-2,31-7-3)32-8-4)20-19-22-16-15-17-23(21-22)25(27,28)29/h15-17,21,24H,5-14,18-20H2,1-4H3. The molecule has 0 heterocycles. The number of halogens is 3. The average Bonchev–Trinajstić information content (AvgIpc) is 2.77. The molecule has 1 rings (SSSR count). The van der Waals surface area contributed by atoms with Crippen LogP contribution in [0.15, 0.2) is 24.3 Å². The summed E-state index contributed by atoms with van der Waals surface area (Å²) in [6.45, 7) is 8.75. The van der Waals surface area contributed by atoms with Gasteiger partial charge >= 0.3 is 12.3 Å². The topological polar surface area (TPSA) is 36.9 Å². The Bertz CT molecular complexity index is 605. The van der Waals surface area contributed by atoms with Crippen molar-refractivity contribution in [1.29, 1.82) is 0 Å². The molecule has 33 heavy (non-hydrogen) atoms. The fourth-order valence-electron chi connectivity index (χ4n) is 3.78. The van der Waals surface area contributed by atoms with Gasteiger partial charge in [0.25, 0.3) is 0 Å². The molecule has 0 fully saturated rings. The van der Waals surface area contributed by atoms with Crippen molar-refractivity contribution in [3.8, 4) is 0 Å². The minimum atomic E-state index is -4.35. The highest BCUT2D eigenvalue weighted by Crippen LogP contribution is 2.30. The number of ether oxygens (including phenoxy) is 4. The van der Waals surface area contributed by atoms with E-state index in [1.165, 1.54) is 44.2 Å². The fraction of sp³-hybridized carbons (Fsp3) is 0.769. The summed E-state index contributed by atoms with van der Waals surface area (Å²) in [6.07, 6.45) is 3.79. The molecule has 0 bridgehead atoms. The highest BCUT2D eigenvalue weighted by atomic mass is 19.4. The molecule has 0 saturated heterocycles. The van der Waals surface area contributed by atoms with Crippen LogP contribution in [-0.2, 0) is 31.5 Å². The quantitative estimate of drug-likeness (QED) is 0.150. The number of hydrogen-bond donors (Lipinski definition) is 0. The maximum absolute atomic E-state index is 13.1. The minimum absolute atomic E-state index is 0.264. The van der Waals surface area contributed by atoms with Crippen molar-refractivity contribution in [3.63, 3.8) is 0 Å². The van der Waals surface area contributed by atoms with Gasteiger partial charge in [0.05, 0.1) is 31.5 Å². The molecule has 0 aliphatic carbocycles. The molecule has 1 aromatic rings. The number of benzene rings is 1. The maximum atomic E-state index is 13.1. The molecule has 7 heteroatoms. The normalized spacial score (nSPS) is 13.4. The fourth-order valence-corrected chi connectivity index (χ4v) is 3.78. The lowest BCUT2D eigenvalue weighted by Gasteiger charge is -2.34. The Kier molecular flexibility index (Phi) is 14.9. The van der Waals surface area contributed by atoms with E-state index in [0.717, 1.165) is 25.3 Å². The second kappa shape index (κ2) is 16.5. The van der Waals surface area contributed by atoms with E-state index in [2.05, 4.69) is 6.92 Å². The van der Waals surface area contributed by atoms with Crippen molar-refractivity contribution in [3.05, 3.63) is 35.4 Å². The van der Waals surface area contributed by atoms with E-state index in [-0.39, 0.29) is 6.10 Å². The molecular weight excluding hydrogens is 433 g/mol. The van der Waals surface area contributed by atoms with Crippen LogP contribution in [0.2, 0.25) is 0 Å². The molecule has 1 unspecified atom stereocenters. The largest absolute Gasteiger partial charge is 0.416 e. The van der Waals surface area contributed by atoms with Gasteiger partial charge in [-0.25, -0.2) is 0 Å². The zero-order valence-corrected chi connectivity index (χ0v) is 20.8. The van der Waals surface area contributed by atoms with Gasteiger partial charge in [0.15, 0.2) is 0 Å². The van der Waals surface area contributed by atoms with Crippen molar-refractivity contribution < 1.29 is 32.1 Å². The molecule has 0 aliphatic heterocycles. The van der Waals surface area contributed by atoms with Gasteiger partial charge in [0.1, 0.15) is 0 Å². The Morgan fingerprint density at radius 1 is 0.758 bits per heavy atom. The summed E-state index contributed by atoms with van der Waals surface area (Å²) in [5, 5.41) is 0. The van der Waals surface area contributed by atoms with Gasteiger partial charge in [-0.2, -0.15) is 13.2 Å². The first-order valence-electron chi connectivity index (χ1n) is 12.6. The van der Waals surface area contributed by atoms with Crippen LogP contribution < -0.4 is 0 Å². The molecule has 1 aromatic carbocycles. The molecule has 1 atom stereocenters. The number of rotatable bonds is 19. The third-order valence-corrected chi connectivity index (χ3v) is 5.41. The van der Waals surface area contributed by atoms with Gasteiger partial charge in [-0.1, -0.05) is 70.1 Å². The molecule has 0 radical (unpaired) electrons. The first-order chi connectivity index (χ1) is 15.8. The van der Waals surface area contributed by atoms with Crippen LogP contribution in [0.4, 0.5) is 13.2 Å². The summed E-state index contributed by atoms with van der Waals surface area (Å²) in [7, 11) is 0. The Labute approximate surface area is 198 Å². The zero-order chi connectivity index (χ0) is 24.6. The zero-order valence-electron chi connectivity index (χ0n) is 20.8. The molecule has 0 N–H and O–H groups in total. The molecule has 4 nitrogen and oxygen atoms in total. The van der Waals surface area contributed by atoms with Gasteiger partial charge < -0.3 is 14.2 Å². The van der Waals surface area contributed by atoms with Crippen LogP contribution in [0.25, 0.3) is 0 Å². The molecule has 0 saturated carbocycles. The van der Waals surface area contributed by atoms with Crippen molar-refractivity contribution in [2.75, 3.05) is 19.8 Å². The Morgan fingerprint density at radius 2 is 1.33 bits per heavy atom. The lowest BCUT2D eigenvalue weighted by Crippen LogP contribution is -2.45. The summed E-state index contributed by atoms with van der Waals surface area (Å²) < 4.78 is 62.6. The molecule has 0 spiro atoms. The predicted octanol–water partition coefficient (Wildman–Crippen LogP) is 7.88. The van der Waals surface area contributed by atoms with Crippen molar-refractivity contribution in [1.82, 2.24) is 0 Å². The van der Waals surface area contributed by atoms with Gasteiger partial charge in [0, 0.05) is 0 Å². The van der Waals surface area contributed by atoms with Crippen LogP contribution in [0.5, 0.6) is 0 Å². The van der Waals surface area contributed by atoms with Crippen molar-refractivity contribution in [2.45, 2.75) is 110 Å². The molecule has 0 aliphatic rings. The van der Waals surface area contributed by atoms with E-state index in [4.69, 9.17) is 18.9 Å². The second-order valence-corrected chi connectivity index (χ2v) is 8.19. The summed E-state index contributed by atoms with van der Waals surface area (Å²) >= 11 is 0. The second-order valence-electron chi connectivity index (χ2n) is 8.19. The van der Waals surface area contributed by atoms with E-state index in [1.54, 1.807) is 6.07 Å². The molecule has 192 valence electrons.